The van der Waals surface area contributed by atoms with Crippen LogP contribution in [-0.4, -0.2) is 60.8 Å². The molecule has 8 heteroatoms. The Labute approximate surface area is 146 Å². The lowest BCUT2D eigenvalue weighted by Crippen LogP contribution is -2.36. The van der Waals surface area contributed by atoms with Crippen LogP contribution in [0.5, 0.6) is 0 Å². The number of hydrogen-bond acceptors (Lipinski definition) is 4. The van der Waals surface area contributed by atoms with Gasteiger partial charge in [-0.1, -0.05) is 0 Å². The summed E-state index contributed by atoms with van der Waals surface area (Å²) in [6.07, 6.45) is 0.130. The topological polar surface area (TPSA) is 84.9 Å². The minimum Gasteiger partial charge on any atom is -0.392 e. The second kappa shape index (κ2) is 8.66. The number of halogens is 1. The third-order valence-electron chi connectivity index (χ3n) is 4.05. The Balaban J connectivity index is 2.12. The number of nitrogens with zero attached hydrogens (tertiary/aromatic N) is 2. The van der Waals surface area contributed by atoms with E-state index in [-0.39, 0.29) is 12.5 Å². The molecule has 1 heterocycles. The summed E-state index contributed by atoms with van der Waals surface area (Å²) in [5.74, 6) is -0.411. The summed E-state index contributed by atoms with van der Waals surface area (Å²) >= 11 is 0. The monoisotopic (exact) mass is 352 g/mol. The van der Waals surface area contributed by atoms with E-state index in [1.54, 1.807) is 24.8 Å². The molecular formula is C17H25FN4O3. The largest absolute Gasteiger partial charge is 0.392 e. The van der Waals surface area contributed by atoms with Crippen LogP contribution in [0.2, 0.25) is 0 Å². The van der Waals surface area contributed by atoms with E-state index in [0.717, 1.165) is 6.42 Å². The van der Waals surface area contributed by atoms with Crippen molar-refractivity contribution >= 4 is 23.3 Å². The van der Waals surface area contributed by atoms with Crippen molar-refractivity contribution in [3.63, 3.8) is 0 Å². The summed E-state index contributed by atoms with van der Waals surface area (Å²) in [4.78, 5) is 27.3. The van der Waals surface area contributed by atoms with Crippen LogP contribution in [0.3, 0.4) is 0 Å². The van der Waals surface area contributed by atoms with E-state index in [2.05, 4.69) is 10.6 Å². The fourth-order valence-electron chi connectivity index (χ4n) is 2.76. The molecule has 0 spiro atoms. The molecule has 1 saturated heterocycles. The van der Waals surface area contributed by atoms with Gasteiger partial charge in [0.25, 0.3) is 0 Å². The molecule has 138 valence electrons. The number of benzene rings is 1. The van der Waals surface area contributed by atoms with Gasteiger partial charge in [0.15, 0.2) is 0 Å². The van der Waals surface area contributed by atoms with Gasteiger partial charge in [-0.15, -0.1) is 0 Å². The molecule has 0 aromatic heterocycles. The van der Waals surface area contributed by atoms with Gasteiger partial charge < -0.3 is 25.5 Å². The first kappa shape index (κ1) is 19.0. The molecule has 0 radical (unpaired) electrons. The van der Waals surface area contributed by atoms with Crippen molar-refractivity contribution in [2.75, 3.05) is 42.9 Å². The molecule has 3 N–H and O–H groups in total. The van der Waals surface area contributed by atoms with E-state index in [1.165, 1.54) is 12.1 Å². The zero-order valence-electron chi connectivity index (χ0n) is 14.6. The van der Waals surface area contributed by atoms with E-state index in [4.69, 9.17) is 0 Å². The summed E-state index contributed by atoms with van der Waals surface area (Å²) < 4.78 is 13.6. The molecule has 0 aliphatic carbocycles. The highest BCUT2D eigenvalue weighted by atomic mass is 19.1. The maximum absolute atomic E-state index is 13.6. The van der Waals surface area contributed by atoms with Crippen molar-refractivity contribution in [3.8, 4) is 0 Å². The summed E-state index contributed by atoms with van der Waals surface area (Å²) in [6.45, 7) is 5.80. The number of anilines is 2. The van der Waals surface area contributed by atoms with E-state index in [0.29, 0.717) is 37.6 Å². The van der Waals surface area contributed by atoms with Gasteiger partial charge in [-0.2, -0.15) is 0 Å². The van der Waals surface area contributed by atoms with Crippen LogP contribution in [0.25, 0.3) is 0 Å². The van der Waals surface area contributed by atoms with Crippen LogP contribution < -0.4 is 15.5 Å². The number of carbonyl (C=O) groups excluding carboxylic acids is 2. The van der Waals surface area contributed by atoms with Crippen molar-refractivity contribution in [1.82, 2.24) is 10.2 Å². The Kier molecular flexibility index (Phi) is 6.58. The molecule has 1 aliphatic heterocycles. The van der Waals surface area contributed by atoms with Gasteiger partial charge in [0.05, 0.1) is 17.5 Å². The minimum absolute atomic E-state index is 0.0387. The molecule has 25 heavy (non-hydrogen) atoms. The zero-order chi connectivity index (χ0) is 18.4. The smallest absolute Gasteiger partial charge is 0.319 e. The van der Waals surface area contributed by atoms with Gasteiger partial charge in [-0.05, 0) is 31.5 Å². The highest BCUT2D eigenvalue weighted by Gasteiger charge is 2.20. The van der Waals surface area contributed by atoms with Crippen molar-refractivity contribution in [3.05, 3.63) is 24.0 Å². The average molecular weight is 352 g/mol. The molecule has 1 fully saturated rings. The van der Waals surface area contributed by atoms with Crippen molar-refractivity contribution < 1.29 is 19.1 Å². The fraction of sp³-hybridized carbons (Fsp3) is 0.529. The van der Waals surface area contributed by atoms with Gasteiger partial charge >= 0.3 is 6.03 Å². The number of amides is 3. The van der Waals surface area contributed by atoms with Crippen LogP contribution in [0.4, 0.5) is 20.6 Å². The lowest BCUT2D eigenvalue weighted by atomic mass is 10.2. The molecule has 1 atom stereocenters. The van der Waals surface area contributed by atoms with Crippen molar-refractivity contribution in [2.45, 2.75) is 26.4 Å². The van der Waals surface area contributed by atoms with E-state index < -0.39 is 18.0 Å². The van der Waals surface area contributed by atoms with Crippen LogP contribution in [-0.2, 0) is 4.79 Å². The molecule has 1 aromatic rings. The summed E-state index contributed by atoms with van der Waals surface area (Å²) in [6, 6.07) is 3.74. The SMILES string of the molecule is CC(=O)N1CCCN(c2ccc(F)cc2NC(=O)NC[C@@H](C)O)CC1. The molecule has 2 rings (SSSR count). The predicted octanol–water partition coefficient (Wildman–Crippen LogP) is 1.39. The quantitative estimate of drug-likeness (QED) is 0.764. The van der Waals surface area contributed by atoms with Gasteiger partial charge in [-0.3, -0.25) is 4.79 Å². The maximum Gasteiger partial charge on any atom is 0.319 e. The molecule has 0 saturated carbocycles. The number of rotatable bonds is 4. The van der Waals surface area contributed by atoms with E-state index >= 15 is 0 Å². The average Bonchev–Trinajstić information content (AvgIpc) is 2.79. The fourth-order valence-corrected chi connectivity index (χ4v) is 2.76. The summed E-state index contributed by atoms with van der Waals surface area (Å²) in [5, 5.41) is 14.4. The first-order valence-corrected chi connectivity index (χ1v) is 8.39. The Bertz CT molecular complexity index is 624. The summed E-state index contributed by atoms with van der Waals surface area (Å²) in [7, 11) is 0. The number of aliphatic hydroxyl groups is 1. The van der Waals surface area contributed by atoms with Crippen LogP contribution >= 0.6 is 0 Å². The highest BCUT2D eigenvalue weighted by Crippen LogP contribution is 2.28. The number of aliphatic hydroxyl groups excluding tert-OH is 1. The number of carbonyl (C=O) groups is 2. The van der Waals surface area contributed by atoms with E-state index in [9.17, 15) is 19.1 Å². The molecule has 7 nitrogen and oxygen atoms in total. The third-order valence-corrected chi connectivity index (χ3v) is 4.05. The molecule has 1 aliphatic rings. The molecular weight excluding hydrogens is 327 g/mol. The van der Waals surface area contributed by atoms with E-state index in [1.807, 2.05) is 4.90 Å². The second-order valence-corrected chi connectivity index (χ2v) is 6.19. The molecule has 1 aromatic carbocycles. The Morgan fingerprint density at radius 1 is 1.28 bits per heavy atom. The predicted molar refractivity (Wildman–Crippen MR) is 94.2 cm³/mol. The van der Waals surface area contributed by atoms with Crippen LogP contribution in [0.15, 0.2) is 18.2 Å². The normalized spacial score (nSPS) is 16.2. The number of nitrogens with one attached hydrogen (secondary N) is 2. The van der Waals surface area contributed by atoms with Gasteiger partial charge in [0.1, 0.15) is 5.82 Å². The van der Waals surface area contributed by atoms with Gasteiger partial charge in [0, 0.05) is 39.6 Å². The molecule has 0 bridgehead atoms. The first-order chi connectivity index (χ1) is 11.9. The van der Waals surface area contributed by atoms with Gasteiger partial charge in [0.2, 0.25) is 5.91 Å². The van der Waals surface area contributed by atoms with Gasteiger partial charge in [-0.25, -0.2) is 9.18 Å². The number of urea groups is 1. The second-order valence-electron chi connectivity index (χ2n) is 6.19. The Hall–Kier alpha value is -2.35. The Morgan fingerprint density at radius 3 is 2.72 bits per heavy atom. The van der Waals surface area contributed by atoms with Crippen LogP contribution in [0, 0.1) is 5.82 Å². The standard InChI is InChI=1S/C17H25FN4O3/c1-12(23)11-19-17(25)20-15-10-14(18)4-5-16(15)22-7-3-6-21(8-9-22)13(2)24/h4-5,10,12,23H,3,6-9,11H2,1-2H3,(H2,19,20,25)/t12-/m1/s1. The zero-order valence-corrected chi connectivity index (χ0v) is 14.6. The summed E-state index contributed by atoms with van der Waals surface area (Å²) in [5.41, 5.74) is 1.07. The lowest BCUT2D eigenvalue weighted by molar-refractivity contribution is -0.128. The lowest BCUT2D eigenvalue weighted by Gasteiger charge is -2.26. The molecule has 0 unspecified atom stereocenters. The highest BCUT2D eigenvalue weighted by molar-refractivity contribution is 5.93. The maximum atomic E-state index is 13.6. The van der Waals surface area contributed by atoms with Crippen molar-refractivity contribution in [2.24, 2.45) is 0 Å². The molecule has 3 amide bonds. The van der Waals surface area contributed by atoms with Crippen LogP contribution in [0.1, 0.15) is 20.3 Å². The minimum atomic E-state index is -0.666. The number of hydrogen-bond donors (Lipinski definition) is 3. The first-order valence-electron chi connectivity index (χ1n) is 8.39. The Morgan fingerprint density at radius 2 is 2.04 bits per heavy atom. The van der Waals surface area contributed by atoms with Crippen molar-refractivity contribution in [1.29, 1.82) is 0 Å². The third kappa shape index (κ3) is 5.60.